The number of ether oxygens (including phenoxy) is 1. The molecule has 0 aromatic carbocycles. The second kappa shape index (κ2) is 10.0. The van der Waals surface area contributed by atoms with Gasteiger partial charge in [-0.25, -0.2) is 0 Å². The number of unbranched alkanes of at least 4 members (excludes halogenated alkanes) is 1. The molecule has 0 aromatic rings. The topological polar surface area (TPSA) is 35.2 Å². The van der Waals surface area contributed by atoms with E-state index in [0.29, 0.717) is 6.04 Å². The van der Waals surface area contributed by atoms with Crippen LogP contribution in [0.1, 0.15) is 52.4 Å². The summed E-state index contributed by atoms with van der Waals surface area (Å²) in [5.41, 5.74) is 5.87. The Labute approximate surface area is 82.8 Å². The Balaban J connectivity index is 2.97. The highest BCUT2D eigenvalue weighted by atomic mass is 16.5. The predicted molar refractivity (Wildman–Crippen MR) is 57.8 cm³/mol. The quantitative estimate of drug-likeness (QED) is 0.563. The van der Waals surface area contributed by atoms with E-state index in [0.717, 1.165) is 32.5 Å². The van der Waals surface area contributed by atoms with E-state index in [-0.39, 0.29) is 0 Å². The molecule has 1 atom stereocenters. The summed E-state index contributed by atoms with van der Waals surface area (Å²) in [7, 11) is 0. The van der Waals surface area contributed by atoms with Crippen LogP contribution >= 0.6 is 0 Å². The lowest BCUT2D eigenvalue weighted by Crippen LogP contribution is -2.19. The Hall–Kier alpha value is -0.0800. The number of hydrogen-bond donors (Lipinski definition) is 1. The van der Waals surface area contributed by atoms with Gasteiger partial charge in [0.1, 0.15) is 0 Å². The van der Waals surface area contributed by atoms with Gasteiger partial charge in [0.2, 0.25) is 0 Å². The van der Waals surface area contributed by atoms with Gasteiger partial charge in [0.05, 0.1) is 0 Å². The summed E-state index contributed by atoms with van der Waals surface area (Å²) in [5, 5.41) is 0. The Morgan fingerprint density at radius 3 is 2.31 bits per heavy atom. The second-order valence-electron chi connectivity index (χ2n) is 3.66. The van der Waals surface area contributed by atoms with Gasteiger partial charge in [-0.15, -0.1) is 0 Å². The zero-order valence-electron chi connectivity index (χ0n) is 9.22. The molecule has 0 spiro atoms. The van der Waals surface area contributed by atoms with Crippen LogP contribution in [0.5, 0.6) is 0 Å². The van der Waals surface area contributed by atoms with Crippen LogP contribution < -0.4 is 5.73 Å². The fourth-order valence-electron chi connectivity index (χ4n) is 1.31. The third-order valence-corrected chi connectivity index (χ3v) is 2.17. The van der Waals surface area contributed by atoms with Gasteiger partial charge in [-0.3, -0.25) is 0 Å². The molecular weight excluding hydrogens is 162 g/mol. The van der Waals surface area contributed by atoms with Crippen molar-refractivity contribution in [3.05, 3.63) is 0 Å². The average Bonchev–Trinajstić information content (AvgIpc) is 2.11. The van der Waals surface area contributed by atoms with Crippen LogP contribution in [0.3, 0.4) is 0 Å². The van der Waals surface area contributed by atoms with Crippen LogP contribution in [0.25, 0.3) is 0 Å². The molecule has 0 saturated heterocycles. The summed E-state index contributed by atoms with van der Waals surface area (Å²) in [6.07, 6.45) is 6.97. The van der Waals surface area contributed by atoms with E-state index >= 15 is 0 Å². The fraction of sp³-hybridized carbons (Fsp3) is 1.00. The van der Waals surface area contributed by atoms with Crippen molar-refractivity contribution in [2.24, 2.45) is 5.73 Å². The molecule has 2 heteroatoms. The molecule has 0 amide bonds. The molecule has 80 valence electrons. The molecule has 0 aliphatic carbocycles. The van der Waals surface area contributed by atoms with E-state index in [1.54, 1.807) is 0 Å². The van der Waals surface area contributed by atoms with Crippen molar-refractivity contribution in [3.8, 4) is 0 Å². The fourth-order valence-corrected chi connectivity index (χ4v) is 1.31. The molecule has 0 saturated carbocycles. The third-order valence-electron chi connectivity index (χ3n) is 2.17. The zero-order valence-corrected chi connectivity index (χ0v) is 9.22. The van der Waals surface area contributed by atoms with E-state index in [9.17, 15) is 0 Å². The van der Waals surface area contributed by atoms with Crippen molar-refractivity contribution in [2.45, 2.75) is 58.4 Å². The maximum Gasteiger partial charge on any atom is 0.0466 e. The lowest BCUT2D eigenvalue weighted by atomic mass is 10.1. The van der Waals surface area contributed by atoms with Gasteiger partial charge in [-0.05, 0) is 25.7 Å². The van der Waals surface area contributed by atoms with Gasteiger partial charge in [0.15, 0.2) is 0 Å². The van der Waals surface area contributed by atoms with Crippen molar-refractivity contribution >= 4 is 0 Å². The van der Waals surface area contributed by atoms with E-state index in [1.165, 1.54) is 19.3 Å². The zero-order chi connectivity index (χ0) is 9.94. The molecule has 0 aromatic heterocycles. The monoisotopic (exact) mass is 187 g/mol. The molecule has 0 aliphatic heterocycles. The summed E-state index contributed by atoms with van der Waals surface area (Å²) in [6, 6.07) is 0.389. The standard InChI is InChI=1S/C11H25NO/c1-3-5-9-13-10-6-8-11(12)7-4-2/h11H,3-10,12H2,1-2H3. The van der Waals surface area contributed by atoms with Crippen LogP contribution in [-0.4, -0.2) is 19.3 Å². The van der Waals surface area contributed by atoms with E-state index in [1.807, 2.05) is 0 Å². The molecule has 1 unspecified atom stereocenters. The summed E-state index contributed by atoms with van der Waals surface area (Å²) < 4.78 is 5.45. The van der Waals surface area contributed by atoms with Gasteiger partial charge in [0.25, 0.3) is 0 Å². The van der Waals surface area contributed by atoms with Crippen molar-refractivity contribution in [1.82, 2.24) is 0 Å². The molecule has 0 heterocycles. The largest absolute Gasteiger partial charge is 0.381 e. The van der Waals surface area contributed by atoms with Crippen LogP contribution in [0.4, 0.5) is 0 Å². The highest BCUT2D eigenvalue weighted by Crippen LogP contribution is 2.02. The molecule has 0 rings (SSSR count). The average molecular weight is 187 g/mol. The Bertz CT molecular complexity index is 96.1. The summed E-state index contributed by atoms with van der Waals surface area (Å²) in [5.74, 6) is 0. The van der Waals surface area contributed by atoms with Crippen molar-refractivity contribution in [3.63, 3.8) is 0 Å². The Morgan fingerprint density at radius 1 is 1.00 bits per heavy atom. The normalized spacial score (nSPS) is 13.2. The molecule has 0 bridgehead atoms. The van der Waals surface area contributed by atoms with Crippen LogP contribution in [0.2, 0.25) is 0 Å². The van der Waals surface area contributed by atoms with Crippen LogP contribution in [0.15, 0.2) is 0 Å². The van der Waals surface area contributed by atoms with Crippen molar-refractivity contribution < 1.29 is 4.74 Å². The molecule has 13 heavy (non-hydrogen) atoms. The Morgan fingerprint density at radius 2 is 1.69 bits per heavy atom. The first-order chi connectivity index (χ1) is 6.31. The smallest absolute Gasteiger partial charge is 0.0466 e. The van der Waals surface area contributed by atoms with Crippen molar-refractivity contribution in [1.29, 1.82) is 0 Å². The van der Waals surface area contributed by atoms with Gasteiger partial charge < -0.3 is 10.5 Å². The Kier molecular flexibility index (Phi) is 9.94. The minimum absolute atomic E-state index is 0.389. The van der Waals surface area contributed by atoms with Gasteiger partial charge in [0, 0.05) is 19.3 Å². The third kappa shape index (κ3) is 9.84. The van der Waals surface area contributed by atoms with Crippen LogP contribution in [-0.2, 0) is 4.74 Å². The molecule has 2 nitrogen and oxygen atoms in total. The first-order valence-electron chi connectivity index (χ1n) is 5.64. The van der Waals surface area contributed by atoms with Crippen molar-refractivity contribution in [2.75, 3.05) is 13.2 Å². The minimum atomic E-state index is 0.389. The molecular formula is C11H25NO. The lowest BCUT2D eigenvalue weighted by Gasteiger charge is -2.09. The number of rotatable bonds is 9. The first-order valence-corrected chi connectivity index (χ1v) is 5.64. The van der Waals surface area contributed by atoms with E-state index in [2.05, 4.69) is 13.8 Å². The number of nitrogens with two attached hydrogens (primary N) is 1. The van der Waals surface area contributed by atoms with Crippen LogP contribution in [0, 0.1) is 0 Å². The van der Waals surface area contributed by atoms with E-state index in [4.69, 9.17) is 10.5 Å². The van der Waals surface area contributed by atoms with Gasteiger partial charge >= 0.3 is 0 Å². The van der Waals surface area contributed by atoms with E-state index < -0.39 is 0 Å². The first kappa shape index (κ1) is 12.9. The van der Waals surface area contributed by atoms with Gasteiger partial charge in [-0.2, -0.15) is 0 Å². The SMILES string of the molecule is CCCCOCCCC(N)CCC. The predicted octanol–water partition coefficient (Wildman–Crippen LogP) is 2.71. The molecule has 0 radical (unpaired) electrons. The highest BCUT2D eigenvalue weighted by Gasteiger charge is 1.99. The summed E-state index contributed by atoms with van der Waals surface area (Å²) >= 11 is 0. The summed E-state index contributed by atoms with van der Waals surface area (Å²) in [6.45, 7) is 6.16. The maximum absolute atomic E-state index is 5.87. The lowest BCUT2D eigenvalue weighted by molar-refractivity contribution is 0.126. The molecule has 0 fully saturated rings. The number of hydrogen-bond acceptors (Lipinski definition) is 2. The summed E-state index contributed by atoms with van der Waals surface area (Å²) in [4.78, 5) is 0. The van der Waals surface area contributed by atoms with Gasteiger partial charge in [-0.1, -0.05) is 26.7 Å². The second-order valence-corrected chi connectivity index (χ2v) is 3.66. The minimum Gasteiger partial charge on any atom is -0.381 e. The molecule has 2 N–H and O–H groups in total. The highest BCUT2D eigenvalue weighted by molar-refractivity contribution is 4.59. The molecule has 0 aliphatic rings. The maximum atomic E-state index is 5.87.